The molecule has 10 aromatic rings. The normalized spacial score (nSPS) is 13.6. The van der Waals surface area contributed by atoms with Crippen molar-refractivity contribution in [2.24, 2.45) is 0 Å². The van der Waals surface area contributed by atoms with Crippen LogP contribution in [0.4, 0.5) is 0 Å². The lowest BCUT2D eigenvalue weighted by molar-refractivity contribution is 0.645. The molecule has 2 aromatic heterocycles. The number of hydrogen-bond donors (Lipinski definition) is 0. The molecule has 0 spiro atoms. The summed E-state index contributed by atoms with van der Waals surface area (Å²) in [7, 11) is 0. The van der Waals surface area contributed by atoms with Crippen LogP contribution in [0.1, 0.15) is 25.0 Å². The van der Waals surface area contributed by atoms with E-state index in [1.165, 1.54) is 65.3 Å². The molecule has 1 aliphatic rings. The van der Waals surface area contributed by atoms with Crippen LogP contribution in [0.3, 0.4) is 0 Å². The van der Waals surface area contributed by atoms with Crippen LogP contribution < -0.4 is 0 Å². The molecule has 0 aliphatic heterocycles. The molecule has 3 nitrogen and oxygen atoms in total. The van der Waals surface area contributed by atoms with Gasteiger partial charge in [0.1, 0.15) is 0 Å². The maximum Gasteiger partial charge on any atom is 0.235 e. The van der Waals surface area contributed by atoms with Gasteiger partial charge < -0.3 is 0 Å². The Morgan fingerprint density at radius 1 is 0.500 bits per heavy atom. The molecule has 2 heterocycles. The Bertz CT molecular complexity index is 3070. The van der Waals surface area contributed by atoms with E-state index in [2.05, 4.69) is 170 Å². The fourth-order valence-corrected chi connectivity index (χ4v) is 8.74. The van der Waals surface area contributed by atoms with E-state index >= 15 is 0 Å². The van der Waals surface area contributed by atoms with Gasteiger partial charge in [0.2, 0.25) is 5.95 Å². The van der Waals surface area contributed by atoms with Crippen LogP contribution >= 0.6 is 0 Å². The van der Waals surface area contributed by atoms with Crippen molar-refractivity contribution in [1.82, 2.24) is 14.5 Å². The monoisotopic (exact) mass is 637 g/mol. The molecule has 0 amide bonds. The van der Waals surface area contributed by atoms with Gasteiger partial charge >= 0.3 is 0 Å². The maximum absolute atomic E-state index is 5.53. The van der Waals surface area contributed by atoms with Gasteiger partial charge in [-0.3, -0.25) is 4.57 Å². The standard InChI is InChI=1S/C47H31N3/c1-47(2)38-19-9-7-17-34(38)43-42-32(16-11-20-39(42)47)26-37-36-25-30-14-5-6-15-31(30)27-41(36)50(45(37)43)46-48-40-21-10-8-18-35(40)44(49-46)33-23-22-28-12-3-4-13-29(28)24-33/h3-27H,1-2H3. The van der Waals surface area contributed by atoms with Crippen molar-refractivity contribution in [3.05, 3.63) is 163 Å². The highest BCUT2D eigenvalue weighted by atomic mass is 15.2. The Morgan fingerprint density at radius 2 is 1.16 bits per heavy atom. The van der Waals surface area contributed by atoms with Gasteiger partial charge in [-0.25, -0.2) is 9.97 Å². The van der Waals surface area contributed by atoms with E-state index in [0.717, 1.165) is 33.2 Å². The van der Waals surface area contributed by atoms with E-state index in [-0.39, 0.29) is 5.41 Å². The van der Waals surface area contributed by atoms with Gasteiger partial charge in [-0.1, -0.05) is 135 Å². The van der Waals surface area contributed by atoms with Gasteiger partial charge in [0.25, 0.3) is 0 Å². The Balaban J connectivity index is 1.35. The number of benzene rings is 8. The van der Waals surface area contributed by atoms with Crippen LogP contribution in [0.15, 0.2) is 152 Å². The van der Waals surface area contributed by atoms with Crippen molar-refractivity contribution < 1.29 is 0 Å². The fourth-order valence-electron chi connectivity index (χ4n) is 8.74. The summed E-state index contributed by atoms with van der Waals surface area (Å²) in [5.74, 6) is 0.678. The lowest BCUT2D eigenvalue weighted by Gasteiger charge is -2.35. The molecule has 0 saturated heterocycles. The lowest BCUT2D eigenvalue weighted by atomic mass is 9.68. The van der Waals surface area contributed by atoms with Crippen molar-refractivity contribution >= 4 is 65.0 Å². The highest BCUT2D eigenvalue weighted by molar-refractivity contribution is 6.24. The first-order chi connectivity index (χ1) is 24.5. The highest BCUT2D eigenvalue weighted by Crippen LogP contribution is 2.53. The molecule has 50 heavy (non-hydrogen) atoms. The average molecular weight is 638 g/mol. The molecule has 0 unspecified atom stereocenters. The molecule has 11 rings (SSSR count). The van der Waals surface area contributed by atoms with Crippen LogP contribution in [-0.2, 0) is 5.41 Å². The zero-order valence-corrected chi connectivity index (χ0v) is 27.8. The van der Waals surface area contributed by atoms with Crippen molar-refractivity contribution in [3.8, 4) is 28.3 Å². The largest absolute Gasteiger partial charge is 0.277 e. The first-order valence-corrected chi connectivity index (χ1v) is 17.3. The summed E-state index contributed by atoms with van der Waals surface area (Å²) in [6.07, 6.45) is 0. The van der Waals surface area contributed by atoms with Gasteiger partial charge in [0.05, 0.1) is 22.2 Å². The number of para-hydroxylation sites is 1. The molecule has 234 valence electrons. The summed E-state index contributed by atoms with van der Waals surface area (Å²) in [6.45, 7) is 4.72. The molecule has 8 aromatic carbocycles. The van der Waals surface area contributed by atoms with E-state index in [0.29, 0.717) is 5.95 Å². The zero-order chi connectivity index (χ0) is 33.1. The molecule has 0 atom stereocenters. The van der Waals surface area contributed by atoms with Gasteiger partial charge in [0.15, 0.2) is 0 Å². The minimum Gasteiger partial charge on any atom is -0.277 e. The molecule has 0 bridgehead atoms. The Labute approximate surface area is 289 Å². The van der Waals surface area contributed by atoms with E-state index < -0.39 is 0 Å². The second-order valence-electron chi connectivity index (χ2n) is 14.2. The van der Waals surface area contributed by atoms with Crippen molar-refractivity contribution in [1.29, 1.82) is 0 Å². The third-order valence-electron chi connectivity index (χ3n) is 11.1. The van der Waals surface area contributed by atoms with Crippen LogP contribution in [-0.4, -0.2) is 14.5 Å². The topological polar surface area (TPSA) is 30.7 Å². The Hall–Kier alpha value is -6.32. The summed E-state index contributed by atoms with van der Waals surface area (Å²) >= 11 is 0. The minimum absolute atomic E-state index is 0.148. The third kappa shape index (κ3) is 3.69. The predicted octanol–water partition coefficient (Wildman–Crippen LogP) is 12.2. The number of fused-ring (bicyclic) bond motifs is 9. The zero-order valence-electron chi connectivity index (χ0n) is 27.8. The summed E-state index contributed by atoms with van der Waals surface area (Å²) in [4.78, 5) is 10.9. The quantitative estimate of drug-likeness (QED) is 0.189. The fraction of sp³-hybridized carbons (Fsp3) is 0.0638. The summed E-state index contributed by atoms with van der Waals surface area (Å²) in [5.41, 5.74) is 10.3. The first-order valence-electron chi connectivity index (χ1n) is 17.3. The molecule has 0 saturated carbocycles. The predicted molar refractivity (Wildman–Crippen MR) is 209 cm³/mol. The smallest absolute Gasteiger partial charge is 0.235 e. The molecule has 0 radical (unpaired) electrons. The second kappa shape index (κ2) is 9.87. The van der Waals surface area contributed by atoms with Gasteiger partial charge in [-0.2, -0.15) is 0 Å². The highest BCUT2D eigenvalue weighted by Gasteiger charge is 2.35. The van der Waals surface area contributed by atoms with Crippen LogP contribution in [0.2, 0.25) is 0 Å². The second-order valence-corrected chi connectivity index (χ2v) is 14.2. The van der Waals surface area contributed by atoms with Crippen LogP contribution in [0.25, 0.3) is 93.4 Å². The third-order valence-corrected chi connectivity index (χ3v) is 11.1. The summed E-state index contributed by atoms with van der Waals surface area (Å²) < 4.78 is 2.36. The molecular formula is C47H31N3. The van der Waals surface area contributed by atoms with Crippen LogP contribution in [0, 0.1) is 0 Å². The maximum atomic E-state index is 5.53. The van der Waals surface area contributed by atoms with E-state index in [9.17, 15) is 0 Å². The van der Waals surface area contributed by atoms with Gasteiger partial charge in [-0.05, 0) is 79.3 Å². The number of aromatic nitrogens is 3. The van der Waals surface area contributed by atoms with Gasteiger partial charge in [-0.15, -0.1) is 0 Å². The van der Waals surface area contributed by atoms with Crippen LogP contribution in [0.5, 0.6) is 0 Å². The minimum atomic E-state index is -0.148. The summed E-state index contributed by atoms with van der Waals surface area (Å²) in [6, 6.07) is 55.1. The summed E-state index contributed by atoms with van der Waals surface area (Å²) in [5, 5.41) is 10.9. The van der Waals surface area contributed by atoms with Crippen molar-refractivity contribution in [2.75, 3.05) is 0 Å². The van der Waals surface area contributed by atoms with E-state index in [1.54, 1.807) is 0 Å². The van der Waals surface area contributed by atoms with Crippen molar-refractivity contribution in [2.45, 2.75) is 19.3 Å². The van der Waals surface area contributed by atoms with Crippen molar-refractivity contribution in [3.63, 3.8) is 0 Å². The average Bonchev–Trinajstić information content (AvgIpc) is 3.47. The number of hydrogen-bond acceptors (Lipinski definition) is 2. The van der Waals surface area contributed by atoms with Gasteiger partial charge in [0, 0.05) is 32.7 Å². The Kier molecular flexibility index (Phi) is 5.45. The van der Waals surface area contributed by atoms with E-state index in [4.69, 9.17) is 9.97 Å². The molecule has 0 fully saturated rings. The lowest BCUT2D eigenvalue weighted by Crippen LogP contribution is -2.23. The SMILES string of the molecule is CC1(C)c2ccccc2-c2c3c1cccc3cc1c3cc4ccccc4cc3n(-c3nc(-c4ccc5ccccc5c4)c4ccccc4n3)c21. The molecule has 1 aliphatic carbocycles. The number of nitrogens with zero attached hydrogens (tertiary/aromatic N) is 3. The number of rotatable bonds is 2. The molecule has 0 N–H and O–H groups in total. The van der Waals surface area contributed by atoms with E-state index in [1.807, 2.05) is 0 Å². The molecule has 3 heteroatoms. The Morgan fingerprint density at radius 3 is 2.02 bits per heavy atom. The first kappa shape index (κ1) is 27.6. The molecular weight excluding hydrogens is 607 g/mol.